The molecule has 0 radical (unpaired) electrons. The number of carbonyl (C=O) groups excluding carboxylic acids is 1. The van der Waals surface area contributed by atoms with Crippen LogP contribution in [0.25, 0.3) is 10.7 Å². The van der Waals surface area contributed by atoms with Gasteiger partial charge in [0.25, 0.3) is 0 Å². The lowest BCUT2D eigenvalue weighted by atomic mass is 9.96. The first kappa shape index (κ1) is 15.8. The van der Waals surface area contributed by atoms with Crippen LogP contribution in [-0.4, -0.2) is 33.4 Å². The number of hydrogen-bond acceptors (Lipinski definition) is 4. The Morgan fingerprint density at radius 1 is 1.21 bits per heavy atom. The van der Waals surface area contributed by atoms with Crippen molar-refractivity contribution in [3.8, 4) is 10.7 Å². The van der Waals surface area contributed by atoms with Gasteiger partial charge in [-0.2, -0.15) is 0 Å². The van der Waals surface area contributed by atoms with E-state index in [0.717, 1.165) is 35.3 Å². The smallest absolute Gasteiger partial charge is 0.228 e. The molecule has 0 spiro atoms. The highest BCUT2D eigenvalue weighted by Crippen LogP contribution is 2.35. The molecule has 4 nitrogen and oxygen atoms in total. The second-order valence-corrected chi connectivity index (χ2v) is 7.74. The largest absolute Gasteiger partial charge is 0.339 e. The molecule has 4 rings (SSSR count). The molecule has 24 heavy (non-hydrogen) atoms. The molecule has 2 fully saturated rings. The fourth-order valence-electron chi connectivity index (χ4n) is 4.19. The summed E-state index contributed by atoms with van der Waals surface area (Å²) in [5, 5.41) is 2.90. The number of amides is 1. The van der Waals surface area contributed by atoms with Gasteiger partial charge in [0.15, 0.2) is 0 Å². The highest BCUT2D eigenvalue weighted by atomic mass is 32.1. The molecule has 0 bridgehead atoms. The molecule has 2 aromatic rings. The van der Waals surface area contributed by atoms with Gasteiger partial charge in [-0.15, -0.1) is 11.3 Å². The molecule has 2 aliphatic rings. The van der Waals surface area contributed by atoms with Crippen LogP contribution in [0.15, 0.2) is 29.8 Å². The summed E-state index contributed by atoms with van der Waals surface area (Å²) in [6.07, 6.45) is 9.82. The van der Waals surface area contributed by atoms with E-state index in [2.05, 4.69) is 14.9 Å². The minimum atomic E-state index is 0.252. The molecule has 0 N–H and O–H groups in total. The van der Waals surface area contributed by atoms with E-state index in [1.165, 1.54) is 32.1 Å². The molecule has 1 saturated heterocycles. The van der Waals surface area contributed by atoms with Gasteiger partial charge in [0.2, 0.25) is 5.91 Å². The lowest BCUT2D eigenvalue weighted by Crippen LogP contribution is -2.40. The molecule has 1 unspecified atom stereocenters. The van der Waals surface area contributed by atoms with Gasteiger partial charge >= 0.3 is 0 Å². The van der Waals surface area contributed by atoms with Gasteiger partial charge in [0.05, 0.1) is 17.8 Å². The Labute approximate surface area is 146 Å². The zero-order valence-corrected chi connectivity index (χ0v) is 14.7. The molecular weight excluding hydrogens is 318 g/mol. The first-order valence-electron chi connectivity index (χ1n) is 8.96. The summed E-state index contributed by atoms with van der Waals surface area (Å²) in [6.45, 7) is 0.928. The summed E-state index contributed by atoms with van der Waals surface area (Å²) in [4.78, 5) is 23.9. The Bertz CT molecular complexity index is 694. The van der Waals surface area contributed by atoms with Crippen molar-refractivity contribution in [2.75, 3.05) is 6.54 Å². The van der Waals surface area contributed by atoms with Crippen LogP contribution in [0, 0.1) is 5.92 Å². The second-order valence-electron chi connectivity index (χ2n) is 6.88. The van der Waals surface area contributed by atoms with Gasteiger partial charge in [0.1, 0.15) is 5.01 Å². The molecule has 3 heterocycles. The maximum absolute atomic E-state index is 12.8. The van der Waals surface area contributed by atoms with Crippen LogP contribution < -0.4 is 0 Å². The molecule has 5 heteroatoms. The predicted octanol–water partition coefficient (Wildman–Crippen LogP) is 3.93. The standard InChI is InChI=1S/C19H23N3OS/c23-18(22-11-5-9-17(22)14-6-1-2-7-14)12-15-13-24-19(21-15)16-8-3-4-10-20-16/h3-4,8,10,13-14,17H,1-2,5-7,9,11-12H2. The Hall–Kier alpha value is -1.75. The third-order valence-corrected chi connectivity index (χ3v) is 6.25. The van der Waals surface area contributed by atoms with Crippen LogP contribution >= 0.6 is 11.3 Å². The van der Waals surface area contributed by atoms with Gasteiger partial charge in [0, 0.05) is 24.2 Å². The third kappa shape index (κ3) is 3.22. The van der Waals surface area contributed by atoms with Crippen molar-refractivity contribution in [2.24, 2.45) is 5.92 Å². The van der Waals surface area contributed by atoms with Gasteiger partial charge < -0.3 is 4.90 Å². The minimum absolute atomic E-state index is 0.252. The highest BCUT2D eigenvalue weighted by Gasteiger charge is 2.35. The number of nitrogens with zero attached hydrogens (tertiary/aromatic N) is 3. The van der Waals surface area contributed by atoms with Crippen molar-refractivity contribution >= 4 is 17.2 Å². The average molecular weight is 341 g/mol. The summed E-state index contributed by atoms with van der Waals surface area (Å²) >= 11 is 1.57. The van der Waals surface area contributed by atoms with Crippen molar-refractivity contribution in [3.63, 3.8) is 0 Å². The van der Waals surface area contributed by atoms with Crippen LogP contribution in [0.5, 0.6) is 0 Å². The summed E-state index contributed by atoms with van der Waals surface area (Å²) in [6, 6.07) is 6.30. The third-order valence-electron chi connectivity index (χ3n) is 5.33. The molecule has 1 amide bonds. The number of carbonyl (C=O) groups is 1. The minimum Gasteiger partial charge on any atom is -0.339 e. The Balaban J connectivity index is 1.43. The highest BCUT2D eigenvalue weighted by molar-refractivity contribution is 7.13. The number of hydrogen-bond donors (Lipinski definition) is 0. The van der Waals surface area contributed by atoms with E-state index >= 15 is 0 Å². The number of aromatic nitrogens is 2. The molecule has 1 aliphatic heterocycles. The van der Waals surface area contributed by atoms with E-state index in [1.54, 1.807) is 17.5 Å². The quantitative estimate of drug-likeness (QED) is 0.846. The Morgan fingerprint density at radius 3 is 2.88 bits per heavy atom. The topological polar surface area (TPSA) is 46.1 Å². The van der Waals surface area contributed by atoms with E-state index in [9.17, 15) is 4.79 Å². The number of likely N-dealkylation sites (tertiary alicyclic amines) is 1. The van der Waals surface area contributed by atoms with Gasteiger partial charge in [-0.1, -0.05) is 18.9 Å². The van der Waals surface area contributed by atoms with Gasteiger partial charge in [-0.25, -0.2) is 4.98 Å². The summed E-state index contributed by atoms with van der Waals surface area (Å²) in [5.74, 6) is 0.984. The van der Waals surface area contributed by atoms with Crippen molar-refractivity contribution in [3.05, 3.63) is 35.5 Å². The first-order chi connectivity index (χ1) is 11.8. The van der Waals surface area contributed by atoms with Crippen molar-refractivity contribution in [1.82, 2.24) is 14.9 Å². The molecule has 0 aromatic carbocycles. The van der Waals surface area contributed by atoms with Crippen LogP contribution in [0.4, 0.5) is 0 Å². The van der Waals surface area contributed by atoms with E-state index in [4.69, 9.17) is 0 Å². The summed E-state index contributed by atoms with van der Waals surface area (Å²) in [7, 11) is 0. The van der Waals surface area contributed by atoms with Crippen LogP contribution in [0.3, 0.4) is 0 Å². The summed E-state index contributed by atoms with van der Waals surface area (Å²) < 4.78 is 0. The van der Waals surface area contributed by atoms with Crippen LogP contribution in [-0.2, 0) is 11.2 Å². The molecule has 2 aromatic heterocycles. The lowest BCUT2D eigenvalue weighted by molar-refractivity contribution is -0.132. The number of pyridine rings is 1. The molecular formula is C19H23N3OS. The zero-order chi connectivity index (χ0) is 16.4. The fourth-order valence-corrected chi connectivity index (χ4v) is 4.98. The molecule has 1 aliphatic carbocycles. The maximum atomic E-state index is 12.8. The van der Waals surface area contributed by atoms with E-state index < -0.39 is 0 Å². The van der Waals surface area contributed by atoms with Crippen molar-refractivity contribution < 1.29 is 4.79 Å². The maximum Gasteiger partial charge on any atom is 0.228 e. The molecule has 1 atom stereocenters. The first-order valence-corrected chi connectivity index (χ1v) is 9.84. The average Bonchev–Trinajstić information content (AvgIpc) is 3.36. The van der Waals surface area contributed by atoms with Crippen molar-refractivity contribution in [1.29, 1.82) is 0 Å². The van der Waals surface area contributed by atoms with Crippen molar-refractivity contribution in [2.45, 2.75) is 51.0 Å². The van der Waals surface area contributed by atoms with E-state index in [-0.39, 0.29) is 5.91 Å². The predicted molar refractivity (Wildman–Crippen MR) is 95.7 cm³/mol. The van der Waals surface area contributed by atoms with Gasteiger partial charge in [-0.3, -0.25) is 9.78 Å². The van der Waals surface area contributed by atoms with Crippen LogP contribution in [0.1, 0.15) is 44.2 Å². The second kappa shape index (κ2) is 7.01. The van der Waals surface area contributed by atoms with Gasteiger partial charge in [-0.05, 0) is 43.7 Å². The Morgan fingerprint density at radius 2 is 2.08 bits per heavy atom. The van der Waals surface area contributed by atoms with Crippen LogP contribution in [0.2, 0.25) is 0 Å². The zero-order valence-electron chi connectivity index (χ0n) is 13.9. The summed E-state index contributed by atoms with van der Waals surface area (Å²) in [5.41, 5.74) is 1.76. The number of thiazole rings is 1. The fraction of sp³-hybridized carbons (Fsp3) is 0.526. The lowest BCUT2D eigenvalue weighted by Gasteiger charge is -2.29. The molecule has 126 valence electrons. The van der Waals surface area contributed by atoms with E-state index in [0.29, 0.717) is 12.5 Å². The Kier molecular flexibility index (Phi) is 4.60. The SMILES string of the molecule is O=C(Cc1csc(-c2ccccn2)n1)N1CCCC1C1CCCC1. The monoisotopic (exact) mass is 341 g/mol. The normalized spacial score (nSPS) is 21.5. The number of rotatable bonds is 4. The van der Waals surface area contributed by atoms with E-state index in [1.807, 2.05) is 23.6 Å². The molecule has 1 saturated carbocycles.